The number of benzene rings is 1. The number of methoxy groups -OCH3 is 1. The summed E-state index contributed by atoms with van der Waals surface area (Å²) in [5.41, 5.74) is 0.724. The van der Waals surface area contributed by atoms with E-state index in [2.05, 4.69) is 26.1 Å². The highest BCUT2D eigenvalue weighted by molar-refractivity contribution is 6.30. The van der Waals surface area contributed by atoms with Gasteiger partial charge in [-0.25, -0.2) is 0 Å². The van der Waals surface area contributed by atoms with E-state index in [0.29, 0.717) is 17.3 Å². The van der Waals surface area contributed by atoms with E-state index in [0.717, 1.165) is 5.56 Å². The smallest absolute Gasteiger partial charge is 0.162 e. The van der Waals surface area contributed by atoms with Gasteiger partial charge in [0.1, 0.15) is 0 Å². The molecule has 0 aliphatic rings. The predicted octanol–water partition coefficient (Wildman–Crippen LogP) is 2.94. The molecule has 0 spiro atoms. The Morgan fingerprint density at radius 1 is 1.38 bits per heavy atom. The normalized spacial score (nSPS) is 11.6. The molecule has 1 aromatic carbocycles. The lowest BCUT2D eigenvalue weighted by atomic mass is 10.1. The van der Waals surface area contributed by atoms with Crippen molar-refractivity contribution in [2.75, 3.05) is 7.11 Å². The number of aromatic hydroxyl groups is 1. The topological polar surface area (TPSA) is 41.5 Å². The van der Waals surface area contributed by atoms with Crippen molar-refractivity contribution < 1.29 is 9.84 Å². The lowest BCUT2D eigenvalue weighted by Crippen LogP contribution is -2.35. The Kier molecular flexibility index (Phi) is 4.05. The van der Waals surface area contributed by atoms with Crippen LogP contribution in [0.2, 0.25) is 5.02 Å². The third kappa shape index (κ3) is 3.58. The molecule has 0 aliphatic heterocycles. The minimum Gasteiger partial charge on any atom is -0.504 e. The fourth-order valence-electron chi connectivity index (χ4n) is 1.28. The summed E-state index contributed by atoms with van der Waals surface area (Å²) in [6.45, 7) is 6.73. The summed E-state index contributed by atoms with van der Waals surface area (Å²) < 4.78 is 5.04. The summed E-state index contributed by atoms with van der Waals surface area (Å²) in [6.07, 6.45) is 0. The first kappa shape index (κ1) is 13.1. The standard InChI is InChI=1S/C12H18ClNO2/c1-12(2,3)14-7-8-5-9(13)6-10(16-4)11(8)15/h5-6,14-15H,7H2,1-4H3. The molecule has 4 heteroatoms. The van der Waals surface area contributed by atoms with Gasteiger partial charge in [0.25, 0.3) is 0 Å². The largest absolute Gasteiger partial charge is 0.504 e. The van der Waals surface area contributed by atoms with Crippen LogP contribution < -0.4 is 10.1 Å². The van der Waals surface area contributed by atoms with Crippen LogP contribution in [0, 0.1) is 0 Å². The minimum absolute atomic E-state index is 0.0119. The highest BCUT2D eigenvalue weighted by Crippen LogP contribution is 2.33. The molecule has 1 aromatic rings. The molecule has 0 atom stereocenters. The van der Waals surface area contributed by atoms with Crippen LogP contribution in [0.5, 0.6) is 11.5 Å². The first-order valence-electron chi connectivity index (χ1n) is 5.14. The average molecular weight is 244 g/mol. The van der Waals surface area contributed by atoms with Gasteiger partial charge in [-0.3, -0.25) is 0 Å². The number of rotatable bonds is 3. The van der Waals surface area contributed by atoms with Crippen molar-refractivity contribution in [3.05, 3.63) is 22.7 Å². The van der Waals surface area contributed by atoms with Crippen molar-refractivity contribution in [3.63, 3.8) is 0 Å². The fourth-order valence-corrected chi connectivity index (χ4v) is 1.51. The monoisotopic (exact) mass is 243 g/mol. The number of hydrogen-bond acceptors (Lipinski definition) is 3. The number of phenols is 1. The van der Waals surface area contributed by atoms with Crippen molar-refractivity contribution in [2.24, 2.45) is 0 Å². The lowest BCUT2D eigenvalue weighted by Gasteiger charge is -2.21. The first-order valence-corrected chi connectivity index (χ1v) is 5.51. The molecule has 1 rings (SSSR count). The van der Waals surface area contributed by atoms with Gasteiger partial charge in [0.15, 0.2) is 11.5 Å². The highest BCUT2D eigenvalue weighted by atomic mass is 35.5. The number of phenolic OH excluding ortho intramolecular Hbond substituents is 1. The second-order valence-electron chi connectivity index (χ2n) is 4.72. The maximum Gasteiger partial charge on any atom is 0.162 e. The molecule has 90 valence electrons. The van der Waals surface area contributed by atoms with Crippen molar-refractivity contribution in [1.82, 2.24) is 5.32 Å². The van der Waals surface area contributed by atoms with Crippen LogP contribution in [-0.2, 0) is 6.54 Å². The summed E-state index contributed by atoms with van der Waals surface area (Å²) in [6, 6.07) is 3.33. The summed E-state index contributed by atoms with van der Waals surface area (Å²) >= 11 is 5.93. The quantitative estimate of drug-likeness (QED) is 0.858. The molecule has 0 heterocycles. The number of nitrogens with one attached hydrogen (secondary N) is 1. The molecule has 0 aliphatic carbocycles. The summed E-state index contributed by atoms with van der Waals surface area (Å²) in [5, 5.41) is 13.7. The molecule has 0 unspecified atom stereocenters. The number of ether oxygens (including phenoxy) is 1. The van der Waals surface area contributed by atoms with E-state index in [1.54, 1.807) is 12.1 Å². The van der Waals surface area contributed by atoms with Crippen molar-refractivity contribution >= 4 is 11.6 Å². The van der Waals surface area contributed by atoms with Crippen LogP contribution in [0.1, 0.15) is 26.3 Å². The Labute approximate surface area is 101 Å². The number of halogens is 1. The molecule has 0 saturated carbocycles. The molecular weight excluding hydrogens is 226 g/mol. The third-order valence-electron chi connectivity index (χ3n) is 2.15. The fraction of sp³-hybridized carbons (Fsp3) is 0.500. The van der Waals surface area contributed by atoms with E-state index in [1.165, 1.54) is 7.11 Å². The molecule has 0 saturated heterocycles. The molecule has 0 radical (unpaired) electrons. The van der Waals surface area contributed by atoms with Crippen molar-refractivity contribution in [1.29, 1.82) is 0 Å². The lowest BCUT2D eigenvalue weighted by molar-refractivity contribution is 0.365. The molecule has 16 heavy (non-hydrogen) atoms. The first-order chi connectivity index (χ1) is 7.33. The predicted molar refractivity (Wildman–Crippen MR) is 66.3 cm³/mol. The zero-order chi connectivity index (χ0) is 12.3. The maximum atomic E-state index is 9.89. The Balaban J connectivity index is 2.91. The van der Waals surface area contributed by atoms with Crippen LogP contribution in [-0.4, -0.2) is 17.8 Å². The molecular formula is C12H18ClNO2. The SMILES string of the molecule is COc1cc(Cl)cc(CNC(C)(C)C)c1O. The summed E-state index contributed by atoms with van der Waals surface area (Å²) in [7, 11) is 1.51. The van der Waals surface area contributed by atoms with Gasteiger partial charge >= 0.3 is 0 Å². The van der Waals surface area contributed by atoms with Crippen molar-refractivity contribution in [2.45, 2.75) is 32.9 Å². The number of hydrogen-bond donors (Lipinski definition) is 2. The van der Waals surface area contributed by atoms with Gasteiger partial charge in [-0.15, -0.1) is 0 Å². The van der Waals surface area contributed by atoms with E-state index < -0.39 is 0 Å². The van der Waals surface area contributed by atoms with Crippen molar-refractivity contribution in [3.8, 4) is 11.5 Å². The van der Waals surface area contributed by atoms with E-state index in [1.807, 2.05) is 0 Å². The third-order valence-corrected chi connectivity index (χ3v) is 2.37. The summed E-state index contributed by atoms with van der Waals surface area (Å²) in [4.78, 5) is 0. The van der Waals surface area contributed by atoms with E-state index in [9.17, 15) is 5.11 Å². The summed E-state index contributed by atoms with van der Waals surface area (Å²) in [5.74, 6) is 0.543. The van der Waals surface area contributed by atoms with Crippen LogP contribution in [0.4, 0.5) is 0 Å². The van der Waals surface area contributed by atoms with Gasteiger partial charge in [-0.2, -0.15) is 0 Å². The Hall–Kier alpha value is -0.930. The molecule has 0 aromatic heterocycles. The molecule has 0 amide bonds. The van der Waals surface area contributed by atoms with E-state index >= 15 is 0 Å². The molecule has 0 fully saturated rings. The van der Waals surface area contributed by atoms with Gasteiger partial charge in [0.2, 0.25) is 0 Å². The zero-order valence-electron chi connectivity index (χ0n) is 10.1. The Morgan fingerprint density at radius 3 is 2.50 bits per heavy atom. The second-order valence-corrected chi connectivity index (χ2v) is 5.16. The van der Waals surface area contributed by atoms with Crippen LogP contribution >= 0.6 is 11.6 Å². The van der Waals surface area contributed by atoms with Gasteiger partial charge in [-0.1, -0.05) is 11.6 Å². The van der Waals surface area contributed by atoms with E-state index in [4.69, 9.17) is 16.3 Å². The Bertz CT molecular complexity index is 372. The van der Waals surface area contributed by atoms with Gasteiger partial charge in [0.05, 0.1) is 7.11 Å². The molecule has 2 N–H and O–H groups in total. The molecule has 0 bridgehead atoms. The van der Waals surface area contributed by atoms with E-state index in [-0.39, 0.29) is 11.3 Å². The van der Waals surface area contributed by atoms with Gasteiger partial charge in [0, 0.05) is 28.7 Å². The highest BCUT2D eigenvalue weighted by Gasteiger charge is 2.13. The van der Waals surface area contributed by atoms with Crippen LogP contribution in [0.3, 0.4) is 0 Å². The Morgan fingerprint density at radius 2 is 2.00 bits per heavy atom. The second kappa shape index (κ2) is 4.93. The van der Waals surface area contributed by atoms with Crippen LogP contribution in [0.25, 0.3) is 0 Å². The molecule has 3 nitrogen and oxygen atoms in total. The average Bonchev–Trinajstić information content (AvgIpc) is 2.17. The van der Waals surface area contributed by atoms with Crippen LogP contribution in [0.15, 0.2) is 12.1 Å². The van der Waals surface area contributed by atoms with Gasteiger partial charge in [-0.05, 0) is 26.8 Å². The van der Waals surface area contributed by atoms with Gasteiger partial charge < -0.3 is 15.2 Å². The maximum absolute atomic E-state index is 9.89. The minimum atomic E-state index is -0.0119. The zero-order valence-corrected chi connectivity index (χ0v) is 10.9.